The molecule has 1 amide bonds. The number of aryl methyl sites for hydroxylation is 1. The molecule has 0 saturated carbocycles. The van der Waals surface area contributed by atoms with Crippen molar-refractivity contribution in [3.05, 3.63) is 66.4 Å². The molecule has 4 rings (SSSR count). The molecule has 1 aromatic heterocycles. The Morgan fingerprint density at radius 2 is 1.79 bits per heavy atom. The second kappa shape index (κ2) is 8.34. The van der Waals surface area contributed by atoms with Crippen LogP contribution in [0.15, 0.2) is 59.1 Å². The van der Waals surface area contributed by atoms with E-state index in [1.807, 2.05) is 17.0 Å². The van der Waals surface area contributed by atoms with Crippen molar-refractivity contribution >= 4 is 11.6 Å². The average Bonchev–Trinajstić information content (AvgIpc) is 3.22. The highest BCUT2D eigenvalue weighted by Gasteiger charge is 2.23. The van der Waals surface area contributed by atoms with Gasteiger partial charge >= 0.3 is 0 Å². The number of halogens is 1. The number of phenolic OH excluding ortho intramolecular Hbond substituents is 1. The van der Waals surface area contributed by atoms with E-state index in [1.54, 1.807) is 30.3 Å². The van der Waals surface area contributed by atoms with Crippen LogP contribution in [-0.2, 0) is 11.2 Å². The van der Waals surface area contributed by atoms with Crippen LogP contribution < -0.4 is 4.90 Å². The molecular weight excluding hydrogens is 373 g/mol. The summed E-state index contributed by atoms with van der Waals surface area (Å²) in [5.74, 6) is 0.703. The van der Waals surface area contributed by atoms with Gasteiger partial charge in [-0.25, -0.2) is 9.37 Å². The zero-order valence-electron chi connectivity index (χ0n) is 15.9. The molecule has 1 fully saturated rings. The molecule has 1 saturated heterocycles. The summed E-state index contributed by atoms with van der Waals surface area (Å²) in [6.07, 6.45) is 2.14. The summed E-state index contributed by atoms with van der Waals surface area (Å²) < 4.78 is 19.5. The van der Waals surface area contributed by atoms with E-state index in [9.17, 15) is 14.3 Å². The summed E-state index contributed by atoms with van der Waals surface area (Å²) in [6.45, 7) is 2.53. The smallest absolute Gasteiger partial charge is 0.223 e. The summed E-state index contributed by atoms with van der Waals surface area (Å²) in [6, 6.07) is 13.6. The number of rotatable bonds is 5. The molecule has 1 aliphatic rings. The van der Waals surface area contributed by atoms with Crippen LogP contribution >= 0.6 is 0 Å². The number of aromatic nitrogens is 1. The van der Waals surface area contributed by atoms with Crippen molar-refractivity contribution in [2.45, 2.75) is 12.8 Å². The number of phenols is 1. The molecule has 0 atom stereocenters. The van der Waals surface area contributed by atoms with Gasteiger partial charge in [0, 0.05) is 39.0 Å². The Labute approximate surface area is 168 Å². The number of nitrogens with zero attached hydrogens (tertiary/aromatic N) is 3. The van der Waals surface area contributed by atoms with Crippen molar-refractivity contribution in [1.29, 1.82) is 0 Å². The molecular formula is C22H22FN3O3. The summed E-state index contributed by atoms with van der Waals surface area (Å²) in [4.78, 5) is 20.6. The molecule has 0 aliphatic carbocycles. The molecule has 7 heteroatoms. The quantitative estimate of drug-likeness (QED) is 0.716. The van der Waals surface area contributed by atoms with E-state index in [4.69, 9.17) is 4.42 Å². The number of aromatic hydroxyl groups is 1. The maximum absolute atomic E-state index is 13.9. The fraction of sp³-hybridized carbons (Fsp3) is 0.273. The van der Waals surface area contributed by atoms with Gasteiger partial charge in [0.1, 0.15) is 11.6 Å². The Morgan fingerprint density at radius 1 is 1.07 bits per heavy atom. The summed E-state index contributed by atoms with van der Waals surface area (Å²) >= 11 is 0. The number of benzene rings is 2. The van der Waals surface area contributed by atoms with E-state index in [1.165, 1.54) is 12.3 Å². The van der Waals surface area contributed by atoms with Crippen LogP contribution in [0, 0.1) is 5.82 Å². The van der Waals surface area contributed by atoms with E-state index in [0.29, 0.717) is 49.8 Å². The summed E-state index contributed by atoms with van der Waals surface area (Å²) in [5, 5.41) is 9.99. The van der Waals surface area contributed by atoms with Gasteiger partial charge in [-0.15, -0.1) is 0 Å². The number of para-hydroxylation sites is 2. The summed E-state index contributed by atoms with van der Waals surface area (Å²) in [7, 11) is 0. The third-order valence-electron chi connectivity index (χ3n) is 5.10. The first-order valence-electron chi connectivity index (χ1n) is 9.62. The fourth-order valence-corrected chi connectivity index (χ4v) is 3.51. The average molecular weight is 395 g/mol. The van der Waals surface area contributed by atoms with E-state index in [-0.39, 0.29) is 23.9 Å². The van der Waals surface area contributed by atoms with Gasteiger partial charge in [0.25, 0.3) is 0 Å². The molecule has 3 aromatic rings. The van der Waals surface area contributed by atoms with Gasteiger partial charge in [0.05, 0.1) is 17.4 Å². The normalized spacial score (nSPS) is 14.2. The number of hydrogen-bond donors (Lipinski definition) is 1. The minimum Gasteiger partial charge on any atom is -0.506 e. The lowest BCUT2D eigenvalue weighted by Crippen LogP contribution is -2.48. The van der Waals surface area contributed by atoms with E-state index in [2.05, 4.69) is 9.88 Å². The Bertz CT molecular complexity index is 996. The SMILES string of the molecule is O=C(CCc1ncc(-c2ccccc2F)o1)N1CCN(c2ccccc2O)CC1. The van der Waals surface area contributed by atoms with E-state index < -0.39 is 0 Å². The zero-order valence-corrected chi connectivity index (χ0v) is 15.9. The summed E-state index contributed by atoms with van der Waals surface area (Å²) in [5.41, 5.74) is 1.15. The van der Waals surface area contributed by atoms with Crippen molar-refractivity contribution < 1.29 is 18.7 Å². The zero-order chi connectivity index (χ0) is 20.2. The number of carbonyl (C=O) groups is 1. The Hall–Kier alpha value is -3.35. The van der Waals surface area contributed by atoms with Crippen molar-refractivity contribution in [1.82, 2.24) is 9.88 Å². The molecule has 1 aliphatic heterocycles. The number of amides is 1. The van der Waals surface area contributed by atoms with E-state index in [0.717, 1.165) is 5.69 Å². The molecule has 0 radical (unpaired) electrons. The lowest BCUT2D eigenvalue weighted by molar-refractivity contribution is -0.131. The number of anilines is 1. The first kappa shape index (κ1) is 19.0. The number of piperazine rings is 1. The number of hydrogen-bond acceptors (Lipinski definition) is 5. The van der Waals surface area contributed by atoms with Gasteiger partial charge in [-0.3, -0.25) is 4.79 Å². The van der Waals surface area contributed by atoms with Crippen LogP contribution in [-0.4, -0.2) is 47.1 Å². The highest BCUT2D eigenvalue weighted by molar-refractivity contribution is 5.76. The Kier molecular flexibility index (Phi) is 5.46. The molecule has 2 heterocycles. The predicted molar refractivity (Wildman–Crippen MR) is 107 cm³/mol. The monoisotopic (exact) mass is 395 g/mol. The number of oxazole rings is 1. The van der Waals surface area contributed by atoms with Gasteiger partial charge in [0.15, 0.2) is 11.7 Å². The van der Waals surface area contributed by atoms with Gasteiger partial charge in [-0.2, -0.15) is 0 Å². The lowest BCUT2D eigenvalue weighted by Gasteiger charge is -2.36. The Morgan fingerprint density at radius 3 is 2.55 bits per heavy atom. The molecule has 2 aromatic carbocycles. The van der Waals surface area contributed by atoms with Gasteiger partial charge < -0.3 is 19.3 Å². The minimum atomic E-state index is -0.367. The van der Waals surface area contributed by atoms with Crippen LogP contribution in [0.1, 0.15) is 12.3 Å². The van der Waals surface area contributed by atoms with Crippen molar-refractivity contribution in [2.75, 3.05) is 31.1 Å². The molecule has 0 unspecified atom stereocenters. The molecule has 1 N–H and O–H groups in total. The van der Waals surface area contributed by atoms with Crippen molar-refractivity contribution in [3.63, 3.8) is 0 Å². The van der Waals surface area contributed by atoms with Crippen molar-refractivity contribution in [3.8, 4) is 17.1 Å². The van der Waals surface area contributed by atoms with Gasteiger partial charge in [-0.1, -0.05) is 24.3 Å². The molecule has 29 heavy (non-hydrogen) atoms. The topological polar surface area (TPSA) is 69.8 Å². The second-order valence-corrected chi connectivity index (χ2v) is 6.95. The third kappa shape index (κ3) is 4.23. The van der Waals surface area contributed by atoms with E-state index >= 15 is 0 Å². The highest BCUT2D eigenvalue weighted by atomic mass is 19.1. The maximum atomic E-state index is 13.9. The van der Waals surface area contributed by atoms with Crippen LogP contribution in [0.4, 0.5) is 10.1 Å². The molecule has 0 spiro atoms. The lowest BCUT2D eigenvalue weighted by atomic mass is 10.2. The Balaban J connectivity index is 1.30. The molecule has 6 nitrogen and oxygen atoms in total. The van der Waals surface area contributed by atoms with Crippen molar-refractivity contribution in [2.24, 2.45) is 0 Å². The maximum Gasteiger partial charge on any atom is 0.223 e. The standard InChI is InChI=1S/C22H22FN3O3/c23-17-6-2-1-5-16(17)20-15-24-21(29-20)9-10-22(28)26-13-11-25(12-14-26)18-7-3-4-8-19(18)27/h1-8,15,27H,9-14H2. The first-order chi connectivity index (χ1) is 14.1. The van der Waals surface area contributed by atoms with Crippen LogP contribution in [0.5, 0.6) is 5.75 Å². The largest absolute Gasteiger partial charge is 0.506 e. The van der Waals surface area contributed by atoms with Crippen LogP contribution in [0.25, 0.3) is 11.3 Å². The second-order valence-electron chi connectivity index (χ2n) is 6.95. The van der Waals surface area contributed by atoms with Gasteiger partial charge in [-0.05, 0) is 24.3 Å². The highest BCUT2D eigenvalue weighted by Crippen LogP contribution is 2.27. The first-order valence-corrected chi connectivity index (χ1v) is 9.62. The fourth-order valence-electron chi connectivity index (χ4n) is 3.51. The van der Waals surface area contributed by atoms with Gasteiger partial charge in [0.2, 0.25) is 5.91 Å². The van der Waals surface area contributed by atoms with Crippen LogP contribution in [0.3, 0.4) is 0 Å². The predicted octanol–water partition coefficient (Wildman–Crippen LogP) is 3.47. The van der Waals surface area contributed by atoms with Crippen LogP contribution in [0.2, 0.25) is 0 Å². The molecule has 150 valence electrons. The number of carbonyl (C=O) groups excluding carboxylic acids is 1. The minimum absolute atomic E-state index is 0.0348. The third-order valence-corrected chi connectivity index (χ3v) is 5.10. The molecule has 0 bridgehead atoms.